The highest BCUT2D eigenvalue weighted by Gasteiger charge is 2.20. The summed E-state index contributed by atoms with van der Waals surface area (Å²) in [4.78, 5) is 5.82. The van der Waals surface area contributed by atoms with Crippen molar-refractivity contribution in [3.8, 4) is 11.3 Å². The van der Waals surface area contributed by atoms with Crippen LogP contribution < -0.4 is 5.32 Å². The van der Waals surface area contributed by atoms with E-state index in [1.54, 1.807) is 11.3 Å². The Hall–Kier alpha value is -1.35. The van der Waals surface area contributed by atoms with E-state index in [9.17, 15) is 0 Å². The monoisotopic (exact) mass is 230 g/mol. The van der Waals surface area contributed by atoms with Gasteiger partial charge >= 0.3 is 0 Å². The number of hydrogen-bond donors (Lipinski definition) is 1. The van der Waals surface area contributed by atoms with Gasteiger partial charge < -0.3 is 5.32 Å². The van der Waals surface area contributed by atoms with Gasteiger partial charge in [-0.05, 0) is 11.5 Å². The molecule has 0 saturated heterocycles. The largest absolute Gasteiger partial charge is 0.379 e. The number of aromatic nitrogens is 1. The number of para-hydroxylation sites is 1. The first kappa shape index (κ1) is 9.85. The lowest BCUT2D eigenvalue weighted by molar-refractivity contribution is 0.864. The van der Waals surface area contributed by atoms with Gasteiger partial charge in [-0.3, -0.25) is 0 Å². The van der Waals surface area contributed by atoms with E-state index in [0.717, 1.165) is 6.54 Å². The third-order valence-corrected chi connectivity index (χ3v) is 3.87. The number of fused-ring (bicyclic) bond motifs is 3. The fraction of sp³-hybridized carbons (Fsp3) is 0.308. The molecule has 3 rings (SSSR count). The van der Waals surface area contributed by atoms with Crippen LogP contribution in [0.3, 0.4) is 0 Å². The Morgan fingerprint density at radius 1 is 1.38 bits per heavy atom. The van der Waals surface area contributed by atoms with Gasteiger partial charge in [0.25, 0.3) is 0 Å². The first-order valence-corrected chi connectivity index (χ1v) is 6.45. The molecule has 0 bridgehead atoms. The summed E-state index contributed by atoms with van der Waals surface area (Å²) in [6, 6.07) is 6.49. The maximum atomic E-state index is 4.48. The SMILES string of the molecule is CC(C)c1cccc2c1NCc1scnc1-2. The number of nitrogens with zero attached hydrogens (tertiary/aromatic N) is 1. The van der Waals surface area contributed by atoms with E-state index in [-0.39, 0.29) is 0 Å². The van der Waals surface area contributed by atoms with Crippen LogP contribution in [0.4, 0.5) is 5.69 Å². The molecule has 0 fully saturated rings. The quantitative estimate of drug-likeness (QED) is 0.804. The van der Waals surface area contributed by atoms with Gasteiger partial charge in [0.05, 0.1) is 22.6 Å². The lowest BCUT2D eigenvalue weighted by atomic mass is 9.94. The molecule has 0 amide bonds. The van der Waals surface area contributed by atoms with E-state index >= 15 is 0 Å². The maximum absolute atomic E-state index is 4.48. The summed E-state index contributed by atoms with van der Waals surface area (Å²) < 4.78 is 0. The third kappa shape index (κ3) is 1.35. The summed E-state index contributed by atoms with van der Waals surface area (Å²) in [7, 11) is 0. The first-order chi connectivity index (χ1) is 7.77. The fourth-order valence-corrected chi connectivity index (χ4v) is 2.95. The molecule has 1 aromatic carbocycles. The molecule has 82 valence electrons. The molecule has 1 N–H and O–H groups in total. The summed E-state index contributed by atoms with van der Waals surface area (Å²) >= 11 is 1.73. The first-order valence-electron chi connectivity index (χ1n) is 5.57. The third-order valence-electron chi connectivity index (χ3n) is 3.04. The average molecular weight is 230 g/mol. The van der Waals surface area contributed by atoms with Gasteiger partial charge in [0.1, 0.15) is 0 Å². The molecule has 1 aliphatic heterocycles. The van der Waals surface area contributed by atoms with Gasteiger partial charge in [-0.2, -0.15) is 0 Å². The number of nitrogens with one attached hydrogen (secondary N) is 1. The molecule has 16 heavy (non-hydrogen) atoms. The Morgan fingerprint density at radius 2 is 2.25 bits per heavy atom. The normalized spacial score (nSPS) is 13.2. The molecule has 1 aromatic heterocycles. The predicted molar refractivity (Wildman–Crippen MR) is 69.0 cm³/mol. The molecule has 0 saturated carbocycles. The van der Waals surface area contributed by atoms with Crippen molar-refractivity contribution >= 4 is 17.0 Å². The van der Waals surface area contributed by atoms with Crippen LogP contribution in [0.15, 0.2) is 23.7 Å². The summed E-state index contributed by atoms with van der Waals surface area (Å²) in [6.07, 6.45) is 0. The second-order valence-electron chi connectivity index (χ2n) is 4.40. The van der Waals surface area contributed by atoms with E-state index in [1.165, 1.54) is 27.4 Å². The number of thiazole rings is 1. The van der Waals surface area contributed by atoms with Crippen molar-refractivity contribution in [2.24, 2.45) is 0 Å². The standard InChI is InChI=1S/C13H14N2S/c1-8(2)9-4-3-5-10-12(9)14-6-11-13(10)15-7-16-11/h3-5,7-8,14H,6H2,1-2H3. The van der Waals surface area contributed by atoms with Crippen LogP contribution in [-0.2, 0) is 6.54 Å². The highest BCUT2D eigenvalue weighted by molar-refractivity contribution is 7.10. The van der Waals surface area contributed by atoms with Crippen molar-refractivity contribution in [3.63, 3.8) is 0 Å². The van der Waals surface area contributed by atoms with Gasteiger partial charge in [-0.25, -0.2) is 4.98 Å². The molecule has 3 heteroatoms. The van der Waals surface area contributed by atoms with Gasteiger partial charge in [-0.1, -0.05) is 32.0 Å². The molecule has 0 unspecified atom stereocenters. The van der Waals surface area contributed by atoms with Crippen molar-refractivity contribution < 1.29 is 0 Å². The lowest BCUT2D eigenvalue weighted by Gasteiger charge is -2.22. The zero-order chi connectivity index (χ0) is 11.1. The van der Waals surface area contributed by atoms with Crippen molar-refractivity contribution in [1.29, 1.82) is 0 Å². The Labute approximate surface area is 99.4 Å². The summed E-state index contributed by atoms with van der Waals surface area (Å²) in [5.41, 5.74) is 7.02. The Kier molecular flexibility index (Phi) is 2.21. The molecule has 0 spiro atoms. The van der Waals surface area contributed by atoms with Gasteiger partial charge in [0.2, 0.25) is 0 Å². The smallest absolute Gasteiger partial charge is 0.0882 e. The second kappa shape index (κ2) is 3.59. The zero-order valence-corrected chi connectivity index (χ0v) is 10.3. The summed E-state index contributed by atoms with van der Waals surface area (Å²) in [5, 5.41) is 3.53. The minimum absolute atomic E-state index is 0.544. The Bertz CT molecular complexity index is 528. The Morgan fingerprint density at radius 3 is 3.06 bits per heavy atom. The predicted octanol–water partition coefficient (Wildman–Crippen LogP) is 3.86. The zero-order valence-electron chi connectivity index (χ0n) is 9.45. The number of rotatable bonds is 1. The van der Waals surface area contributed by atoms with Crippen LogP contribution in [0.1, 0.15) is 30.2 Å². The maximum Gasteiger partial charge on any atom is 0.0882 e. The molecule has 2 heterocycles. The summed E-state index contributed by atoms with van der Waals surface area (Å²) in [5.74, 6) is 0.544. The fourth-order valence-electron chi connectivity index (χ4n) is 2.23. The van der Waals surface area contributed by atoms with Crippen LogP contribution in [0, 0.1) is 0 Å². The van der Waals surface area contributed by atoms with E-state index in [1.807, 2.05) is 5.51 Å². The topological polar surface area (TPSA) is 24.9 Å². The van der Waals surface area contributed by atoms with Crippen LogP contribution in [0.2, 0.25) is 0 Å². The van der Waals surface area contributed by atoms with Crippen molar-refractivity contribution in [2.45, 2.75) is 26.3 Å². The number of hydrogen-bond acceptors (Lipinski definition) is 3. The molecule has 0 radical (unpaired) electrons. The van der Waals surface area contributed by atoms with E-state index in [2.05, 4.69) is 42.3 Å². The highest BCUT2D eigenvalue weighted by atomic mass is 32.1. The van der Waals surface area contributed by atoms with Crippen molar-refractivity contribution in [2.75, 3.05) is 5.32 Å². The van der Waals surface area contributed by atoms with Crippen molar-refractivity contribution in [3.05, 3.63) is 34.2 Å². The van der Waals surface area contributed by atoms with Gasteiger partial charge in [0, 0.05) is 11.3 Å². The molecule has 2 nitrogen and oxygen atoms in total. The Balaban J connectivity index is 2.24. The molecule has 2 aromatic rings. The highest BCUT2D eigenvalue weighted by Crippen LogP contribution is 2.40. The van der Waals surface area contributed by atoms with E-state index in [0.29, 0.717) is 5.92 Å². The minimum atomic E-state index is 0.544. The molecular formula is C13H14N2S. The van der Waals surface area contributed by atoms with Gasteiger partial charge in [-0.15, -0.1) is 11.3 Å². The van der Waals surface area contributed by atoms with Crippen molar-refractivity contribution in [1.82, 2.24) is 4.98 Å². The van der Waals surface area contributed by atoms with Crippen LogP contribution in [-0.4, -0.2) is 4.98 Å². The van der Waals surface area contributed by atoms with E-state index < -0.39 is 0 Å². The minimum Gasteiger partial charge on any atom is -0.379 e. The molecule has 0 aliphatic carbocycles. The van der Waals surface area contributed by atoms with Crippen LogP contribution in [0.25, 0.3) is 11.3 Å². The van der Waals surface area contributed by atoms with Crippen LogP contribution in [0.5, 0.6) is 0 Å². The second-order valence-corrected chi connectivity index (χ2v) is 5.34. The van der Waals surface area contributed by atoms with Crippen LogP contribution >= 0.6 is 11.3 Å². The number of benzene rings is 1. The summed E-state index contributed by atoms with van der Waals surface area (Å²) in [6.45, 7) is 5.37. The van der Waals surface area contributed by atoms with Gasteiger partial charge in [0.15, 0.2) is 0 Å². The lowest BCUT2D eigenvalue weighted by Crippen LogP contribution is -2.09. The molecule has 1 aliphatic rings. The average Bonchev–Trinajstić information content (AvgIpc) is 2.76. The molecular weight excluding hydrogens is 216 g/mol. The molecule has 0 atom stereocenters. The van der Waals surface area contributed by atoms with E-state index in [4.69, 9.17) is 0 Å². The number of anilines is 1.